The highest BCUT2D eigenvalue weighted by Crippen LogP contribution is 2.31. The monoisotopic (exact) mass is 389 g/mol. The van der Waals surface area contributed by atoms with Gasteiger partial charge in [-0.05, 0) is 36.6 Å². The first kappa shape index (κ1) is 18.9. The Labute approximate surface area is 169 Å². The molecule has 2 aliphatic rings. The fraction of sp³-hybridized carbons (Fsp3) is 0.261. The van der Waals surface area contributed by atoms with Crippen LogP contribution in [0.3, 0.4) is 0 Å². The number of nitrogens with zero attached hydrogens (tertiary/aromatic N) is 2. The van der Waals surface area contributed by atoms with Gasteiger partial charge in [0.05, 0.1) is 11.4 Å². The van der Waals surface area contributed by atoms with Crippen molar-refractivity contribution in [1.29, 1.82) is 0 Å². The van der Waals surface area contributed by atoms with Crippen LogP contribution in [-0.4, -0.2) is 42.3 Å². The molecule has 0 atom stereocenters. The molecule has 0 radical (unpaired) electrons. The molecule has 6 heteroatoms. The Bertz CT molecular complexity index is 947. The van der Waals surface area contributed by atoms with Crippen LogP contribution in [0.5, 0.6) is 0 Å². The Kier molecular flexibility index (Phi) is 5.42. The fourth-order valence-corrected chi connectivity index (χ4v) is 3.83. The second-order valence-corrected chi connectivity index (χ2v) is 7.33. The molecule has 2 aromatic carbocycles. The lowest BCUT2D eigenvalue weighted by molar-refractivity contribution is -0.131. The Morgan fingerprint density at radius 2 is 1.66 bits per heavy atom. The minimum Gasteiger partial charge on any atom is -0.339 e. The van der Waals surface area contributed by atoms with Crippen molar-refractivity contribution in [3.63, 3.8) is 0 Å². The maximum Gasteiger partial charge on any atom is 0.246 e. The Balaban J connectivity index is 1.37. The molecule has 148 valence electrons. The number of likely N-dealkylation sites (tertiary alicyclic amines) is 1. The number of para-hydroxylation sites is 2. The van der Waals surface area contributed by atoms with Crippen molar-refractivity contribution in [2.45, 2.75) is 12.8 Å². The summed E-state index contributed by atoms with van der Waals surface area (Å²) in [6.07, 6.45) is 4.60. The first-order valence-corrected chi connectivity index (χ1v) is 9.84. The van der Waals surface area contributed by atoms with Gasteiger partial charge in [0.15, 0.2) is 0 Å². The van der Waals surface area contributed by atoms with Crippen LogP contribution in [0, 0.1) is 5.92 Å². The van der Waals surface area contributed by atoms with Crippen molar-refractivity contribution in [1.82, 2.24) is 4.90 Å². The number of carbonyl (C=O) groups excluding carboxylic acids is 3. The molecule has 29 heavy (non-hydrogen) atoms. The Morgan fingerprint density at radius 1 is 0.966 bits per heavy atom. The molecular weight excluding hydrogens is 366 g/mol. The Morgan fingerprint density at radius 3 is 2.41 bits per heavy atom. The van der Waals surface area contributed by atoms with E-state index in [-0.39, 0.29) is 30.2 Å². The van der Waals surface area contributed by atoms with Gasteiger partial charge in [0.25, 0.3) is 0 Å². The highest BCUT2D eigenvalue weighted by atomic mass is 16.2. The third kappa shape index (κ3) is 4.21. The maximum atomic E-state index is 13.1. The molecule has 2 heterocycles. The van der Waals surface area contributed by atoms with E-state index >= 15 is 0 Å². The van der Waals surface area contributed by atoms with E-state index in [4.69, 9.17) is 0 Å². The van der Waals surface area contributed by atoms with E-state index < -0.39 is 0 Å². The second kappa shape index (κ2) is 8.31. The third-order valence-electron chi connectivity index (χ3n) is 5.41. The molecule has 0 aliphatic carbocycles. The lowest BCUT2D eigenvalue weighted by Crippen LogP contribution is -2.48. The summed E-state index contributed by atoms with van der Waals surface area (Å²) < 4.78 is 0. The van der Waals surface area contributed by atoms with Crippen molar-refractivity contribution < 1.29 is 14.4 Å². The number of benzene rings is 2. The zero-order valence-corrected chi connectivity index (χ0v) is 16.1. The highest BCUT2D eigenvalue weighted by Gasteiger charge is 2.33. The normalized spacial score (nSPS) is 17.2. The number of hydrogen-bond acceptors (Lipinski definition) is 3. The van der Waals surface area contributed by atoms with Gasteiger partial charge in [-0.3, -0.25) is 14.4 Å². The summed E-state index contributed by atoms with van der Waals surface area (Å²) in [6.45, 7) is 1.11. The Hall–Kier alpha value is -3.41. The molecule has 0 saturated carbocycles. The minimum atomic E-state index is -0.185. The molecule has 0 spiro atoms. The summed E-state index contributed by atoms with van der Waals surface area (Å²) >= 11 is 0. The molecule has 1 fully saturated rings. The average molecular weight is 389 g/mol. The summed E-state index contributed by atoms with van der Waals surface area (Å²) in [7, 11) is 0. The van der Waals surface area contributed by atoms with Gasteiger partial charge in [-0.2, -0.15) is 0 Å². The van der Waals surface area contributed by atoms with E-state index in [1.54, 1.807) is 21.9 Å². The largest absolute Gasteiger partial charge is 0.339 e. The van der Waals surface area contributed by atoms with Crippen LogP contribution in [0.15, 0.2) is 60.7 Å². The van der Waals surface area contributed by atoms with Crippen molar-refractivity contribution in [3.05, 3.63) is 66.2 Å². The van der Waals surface area contributed by atoms with Gasteiger partial charge >= 0.3 is 0 Å². The van der Waals surface area contributed by atoms with Gasteiger partial charge in [0.1, 0.15) is 6.54 Å². The van der Waals surface area contributed by atoms with E-state index in [1.807, 2.05) is 54.6 Å². The van der Waals surface area contributed by atoms with E-state index in [0.717, 1.165) is 11.3 Å². The summed E-state index contributed by atoms with van der Waals surface area (Å²) in [5.41, 5.74) is 2.38. The lowest BCUT2D eigenvalue weighted by Gasteiger charge is -2.35. The van der Waals surface area contributed by atoms with Gasteiger partial charge in [0, 0.05) is 25.1 Å². The highest BCUT2D eigenvalue weighted by molar-refractivity contribution is 6.10. The molecule has 0 aromatic heterocycles. The van der Waals surface area contributed by atoms with Crippen LogP contribution in [-0.2, 0) is 14.4 Å². The predicted octanol–water partition coefficient (Wildman–Crippen LogP) is 2.92. The number of carbonyl (C=O) groups is 3. The number of rotatable bonds is 3. The average Bonchev–Trinajstić information content (AvgIpc) is 2.77. The van der Waals surface area contributed by atoms with E-state index in [0.29, 0.717) is 31.6 Å². The summed E-state index contributed by atoms with van der Waals surface area (Å²) in [5, 5.41) is 2.80. The maximum absolute atomic E-state index is 13.1. The number of nitrogens with one attached hydrogen (secondary N) is 1. The van der Waals surface area contributed by atoms with Crippen molar-refractivity contribution >= 4 is 35.2 Å². The molecule has 1 saturated heterocycles. The van der Waals surface area contributed by atoms with Crippen molar-refractivity contribution in [2.24, 2.45) is 5.92 Å². The quantitative estimate of drug-likeness (QED) is 0.821. The lowest BCUT2D eigenvalue weighted by atomic mass is 9.94. The van der Waals surface area contributed by atoms with Gasteiger partial charge < -0.3 is 15.1 Å². The number of anilines is 2. The van der Waals surface area contributed by atoms with Crippen LogP contribution in [0.1, 0.15) is 18.4 Å². The topological polar surface area (TPSA) is 69.7 Å². The van der Waals surface area contributed by atoms with Crippen molar-refractivity contribution in [3.8, 4) is 0 Å². The van der Waals surface area contributed by atoms with Crippen molar-refractivity contribution in [2.75, 3.05) is 29.9 Å². The molecule has 0 unspecified atom stereocenters. The fourth-order valence-electron chi connectivity index (χ4n) is 3.83. The van der Waals surface area contributed by atoms with E-state index in [9.17, 15) is 14.4 Å². The van der Waals surface area contributed by atoms with Crippen LogP contribution >= 0.6 is 0 Å². The zero-order chi connectivity index (χ0) is 20.2. The molecule has 6 nitrogen and oxygen atoms in total. The van der Waals surface area contributed by atoms with Crippen LogP contribution in [0.4, 0.5) is 11.4 Å². The second-order valence-electron chi connectivity index (χ2n) is 7.33. The van der Waals surface area contributed by atoms with E-state index in [1.165, 1.54) is 0 Å². The van der Waals surface area contributed by atoms with Gasteiger partial charge in [-0.1, -0.05) is 42.5 Å². The number of hydrogen-bond donors (Lipinski definition) is 1. The van der Waals surface area contributed by atoms with Crippen LogP contribution < -0.4 is 10.2 Å². The number of piperidine rings is 1. The first-order valence-electron chi connectivity index (χ1n) is 9.84. The number of amides is 3. The zero-order valence-electron chi connectivity index (χ0n) is 16.1. The molecule has 1 N–H and O–H groups in total. The number of fused-ring (bicyclic) bond motifs is 1. The van der Waals surface area contributed by atoms with E-state index in [2.05, 4.69) is 5.32 Å². The summed E-state index contributed by atoms with van der Waals surface area (Å²) in [5.74, 6) is -0.450. The third-order valence-corrected chi connectivity index (χ3v) is 5.41. The minimum absolute atomic E-state index is 0.0365. The van der Waals surface area contributed by atoms with Crippen LogP contribution in [0.2, 0.25) is 0 Å². The molecule has 2 aliphatic heterocycles. The predicted molar refractivity (Wildman–Crippen MR) is 112 cm³/mol. The molecular formula is C23H23N3O3. The van der Waals surface area contributed by atoms with Gasteiger partial charge in [-0.15, -0.1) is 0 Å². The molecule has 2 aromatic rings. The van der Waals surface area contributed by atoms with Crippen LogP contribution in [0.25, 0.3) is 6.08 Å². The summed E-state index contributed by atoms with van der Waals surface area (Å²) in [6, 6.07) is 17.0. The van der Waals surface area contributed by atoms with Gasteiger partial charge in [0.2, 0.25) is 17.7 Å². The molecule has 0 bridgehead atoms. The summed E-state index contributed by atoms with van der Waals surface area (Å²) in [4.78, 5) is 40.9. The SMILES string of the molecule is O=C1CN(C(=O)C2CCN(C(=O)/C=C/c3ccccc3)CC2)c2ccccc2N1. The smallest absolute Gasteiger partial charge is 0.246 e. The molecule has 3 amide bonds. The van der Waals surface area contributed by atoms with Gasteiger partial charge in [-0.25, -0.2) is 0 Å². The standard InChI is InChI=1S/C23H23N3O3/c27-21-16-26(20-9-5-4-8-19(20)24-21)23(29)18-12-14-25(15-13-18)22(28)11-10-17-6-2-1-3-7-17/h1-11,18H,12-16H2,(H,24,27)/b11-10+. The first-order chi connectivity index (χ1) is 14.1. The molecule has 4 rings (SSSR count).